The van der Waals surface area contributed by atoms with Gasteiger partial charge in [0.05, 0.1) is 23.3 Å². The van der Waals surface area contributed by atoms with E-state index in [0.717, 1.165) is 44.8 Å². The molecule has 0 aliphatic carbocycles. The number of hydrogen-bond acceptors (Lipinski definition) is 6. The quantitative estimate of drug-likeness (QED) is 0.530. The molecule has 1 N–H and O–H groups in total. The molecule has 0 atom stereocenters. The van der Waals surface area contributed by atoms with Crippen LogP contribution in [0.25, 0.3) is 5.69 Å². The fraction of sp³-hybridized carbons (Fsp3) is 0.250. The number of carbonyl (C=O) groups is 1. The second-order valence-corrected chi connectivity index (χ2v) is 7.59. The third-order valence-corrected chi connectivity index (χ3v) is 5.31. The van der Waals surface area contributed by atoms with Gasteiger partial charge in [0.15, 0.2) is 11.5 Å². The lowest BCUT2D eigenvalue weighted by Crippen LogP contribution is -2.20. The first-order chi connectivity index (χ1) is 13.5. The molecule has 7 nitrogen and oxygen atoms in total. The molecular formula is C20H20N4O3S. The summed E-state index contributed by atoms with van der Waals surface area (Å²) < 4.78 is 13.0. The topological polar surface area (TPSA) is 77.7 Å². The smallest absolute Gasteiger partial charge is 0.246 e. The number of carbonyl (C=O) groups excluding carboxylic acids is 1. The summed E-state index contributed by atoms with van der Waals surface area (Å²) in [5, 5.41) is 6.94. The molecular weight excluding hydrogens is 376 g/mol. The highest BCUT2D eigenvalue weighted by Gasteiger charge is 2.16. The maximum atomic E-state index is 12.0. The Morgan fingerprint density at radius 1 is 1.29 bits per heavy atom. The number of hydrogen-bond donors (Lipinski definition) is 1. The largest absolute Gasteiger partial charge is 0.454 e. The van der Waals surface area contributed by atoms with Crippen LogP contribution in [0.4, 0.5) is 0 Å². The summed E-state index contributed by atoms with van der Waals surface area (Å²) in [7, 11) is 0. The number of fused-ring (bicyclic) bond motifs is 1. The molecule has 0 unspecified atom stereocenters. The van der Waals surface area contributed by atoms with Crippen LogP contribution in [0.15, 0.2) is 34.7 Å². The fourth-order valence-corrected chi connectivity index (χ4v) is 3.82. The lowest BCUT2D eigenvalue weighted by atomic mass is 10.2. The van der Waals surface area contributed by atoms with E-state index in [1.165, 1.54) is 11.3 Å². The highest BCUT2D eigenvalue weighted by molar-refractivity contribution is 7.09. The number of ether oxygens (including phenoxy) is 2. The molecule has 0 spiro atoms. The molecule has 0 radical (unpaired) electrons. The molecule has 1 amide bonds. The van der Waals surface area contributed by atoms with Crippen molar-refractivity contribution in [2.24, 2.45) is 5.10 Å². The Bertz CT molecular complexity index is 1070. The third kappa shape index (κ3) is 3.63. The number of aryl methyl sites for hydroxylation is 2. The van der Waals surface area contributed by atoms with E-state index in [2.05, 4.69) is 20.1 Å². The van der Waals surface area contributed by atoms with E-state index < -0.39 is 0 Å². The Kier molecular flexibility index (Phi) is 4.87. The summed E-state index contributed by atoms with van der Waals surface area (Å²) in [5.41, 5.74) is 7.32. The van der Waals surface area contributed by atoms with Gasteiger partial charge in [0, 0.05) is 34.1 Å². The van der Waals surface area contributed by atoms with Crippen LogP contribution >= 0.6 is 11.3 Å². The number of nitrogens with zero attached hydrogens (tertiary/aromatic N) is 3. The molecule has 144 valence electrons. The van der Waals surface area contributed by atoms with Crippen molar-refractivity contribution in [1.82, 2.24) is 15.0 Å². The molecule has 1 aliphatic heterocycles. The highest BCUT2D eigenvalue weighted by atomic mass is 32.1. The summed E-state index contributed by atoms with van der Waals surface area (Å²) in [6.45, 7) is 6.21. The van der Waals surface area contributed by atoms with E-state index in [4.69, 9.17) is 9.47 Å². The average Bonchev–Trinajstić information content (AvgIpc) is 3.35. The molecule has 2 aromatic heterocycles. The van der Waals surface area contributed by atoms with Gasteiger partial charge in [-0.05, 0) is 39.0 Å². The van der Waals surface area contributed by atoms with Crippen LogP contribution in [0.1, 0.15) is 27.7 Å². The standard InChI is InChI=1S/C20H20N4O3S/c1-12-6-15(9-21-23-20(25)7-16-10-28-14(3)22-16)13(2)24(12)17-4-5-18-19(8-17)27-11-26-18/h4-6,8-10H,7,11H2,1-3H3,(H,23,25)/b21-9-. The van der Waals surface area contributed by atoms with E-state index >= 15 is 0 Å². The van der Waals surface area contributed by atoms with Crippen molar-refractivity contribution in [3.05, 3.63) is 57.3 Å². The van der Waals surface area contributed by atoms with Gasteiger partial charge in [-0.2, -0.15) is 5.10 Å². The number of aromatic nitrogens is 2. The Balaban J connectivity index is 1.48. The monoisotopic (exact) mass is 396 g/mol. The normalized spacial score (nSPS) is 12.7. The van der Waals surface area contributed by atoms with Gasteiger partial charge in [-0.1, -0.05) is 0 Å². The number of benzene rings is 1. The average molecular weight is 396 g/mol. The molecule has 0 fully saturated rings. The first-order valence-corrected chi connectivity index (χ1v) is 9.71. The number of nitrogens with one attached hydrogen (secondary N) is 1. The van der Waals surface area contributed by atoms with Gasteiger partial charge in [-0.3, -0.25) is 4.79 Å². The number of amides is 1. The minimum Gasteiger partial charge on any atom is -0.454 e. The minimum atomic E-state index is -0.189. The summed E-state index contributed by atoms with van der Waals surface area (Å²) in [6, 6.07) is 7.89. The van der Waals surface area contributed by atoms with Gasteiger partial charge in [-0.15, -0.1) is 11.3 Å². The van der Waals surface area contributed by atoms with Crippen molar-refractivity contribution in [3.8, 4) is 17.2 Å². The van der Waals surface area contributed by atoms with Crippen LogP contribution < -0.4 is 14.9 Å². The second kappa shape index (κ2) is 7.47. The Morgan fingerprint density at radius 2 is 2.11 bits per heavy atom. The van der Waals surface area contributed by atoms with Crippen molar-refractivity contribution in [2.45, 2.75) is 27.2 Å². The number of hydrazone groups is 1. The predicted molar refractivity (Wildman–Crippen MR) is 108 cm³/mol. The van der Waals surface area contributed by atoms with Gasteiger partial charge in [0.1, 0.15) is 0 Å². The summed E-state index contributed by atoms with van der Waals surface area (Å²) >= 11 is 1.53. The van der Waals surface area contributed by atoms with Crippen LogP contribution in [-0.2, 0) is 11.2 Å². The van der Waals surface area contributed by atoms with Crippen LogP contribution in [-0.4, -0.2) is 28.5 Å². The van der Waals surface area contributed by atoms with Crippen molar-refractivity contribution in [1.29, 1.82) is 0 Å². The van der Waals surface area contributed by atoms with Crippen LogP contribution in [0.3, 0.4) is 0 Å². The maximum Gasteiger partial charge on any atom is 0.246 e. The van der Waals surface area contributed by atoms with Gasteiger partial charge in [0.2, 0.25) is 12.7 Å². The molecule has 3 heterocycles. The maximum absolute atomic E-state index is 12.0. The first-order valence-electron chi connectivity index (χ1n) is 8.83. The molecule has 8 heteroatoms. The van der Waals surface area contributed by atoms with E-state index in [-0.39, 0.29) is 19.1 Å². The Labute approximate surface area is 166 Å². The van der Waals surface area contributed by atoms with E-state index in [0.29, 0.717) is 0 Å². The van der Waals surface area contributed by atoms with Crippen molar-refractivity contribution in [2.75, 3.05) is 6.79 Å². The zero-order valence-electron chi connectivity index (χ0n) is 15.9. The van der Waals surface area contributed by atoms with Crippen LogP contribution in [0, 0.1) is 20.8 Å². The van der Waals surface area contributed by atoms with Crippen LogP contribution in [0.2, 0.25) is 0 Å². The summed E-state index contributed by atoms with van der Waals surface area (Å²) in [4.78, 5) is 16.3. The van der Waals surface area contributed by atoms with E-state index in [1.54, 1.807) is 6.21 Å². The lowest BCUT2D eigenvalue weighted by Gasteiger charge is -2.10. The summed E-state index contributed by atoms with van der Waals surface area (Å²) in [5.74, 6) is 1.31. The first kappa shape index (κ1) is 18.2. The van der Waals surface area contributed by atoms with Gasteiger partial charge >= 0.3 is 0 Å². The van der Waals surface area contributed by atoms with Crippen molar-refractivity contribution < 1.29 is 14.3 Å². The SMILES string of the molecule is Cc1nc(CC(=O)N/N=C\c2cc(C)n(-c3ccc4c(c3)OCO4)c2C)cs1. The van der Waals surface area contributed by atoms with Gasteiger partial charge in [0.25, 0.3) is 0 Å². The zero-order valence-corrected chi connectivity index (χ0v) is 16.7. The second-order valence-electron chi connectivity index (χ2n) is 6.53. The van der Waals surface area contributed by atoms with Crippen LogP contribution in [0.5, 0.6) is 11.5 Å². The highest BCUT2D eigenvalue weighted by Crippen LogP contribution is 2.34. The minimum absolute atomic E-state index is 0.189. The molecule has 28 heavy (non-hydrogen) atoms. The molecule has 0 saturated carbocycles. The molecule has 0 saturated heterocycles. The molecule has 1 aromatic carbocycles. The zero-order chi connectivity index (χ0) is 19.7. The van der Waals surface area contributed by atoms with E-state index in [1.807, 2.05) is 50.4 Å². The van der Waals surface area contributed by atoms with Crippen molar-refractivity contribution in [3.63, 3.8) is 0 Å². The predicted octanol–water partition coefficient (Wildman–Crippen LogP) is 3.28. The van der Waals surface area contributed by atoms with E-state index in [9.17, 15) is 4.79 Å². The Morgan fingerprint density at radius 3 is 2.89 bits per heavy atom. The lowest BCUT2D eigenvalue weighted by molar-refractivity contribution is -0.120. The summed E-state index contributed by atoms with van der Waals surface area (Å²) in [6.07, 6.45) is 1.88. The molecule has 1 aliphatic rings. The third-order valence-electron chi connectivity index (χ3n) is 4.49. The Hall–Kier alpha value is -3.13. The van der Waals surface area contributed by atoms with Gasteiger partial charge < -0.3 is 14.0 Å². The molecule has 4 rings (SSSR count). The molecule has 0 bridgehead atoms. The van der Waals surface area contributed by atoms with Crippen molar-refractivity contribution >= 4 is 23.5 Å². The number of rotatable bonds is 5. The molecule has 3 aromatic rings. The fourth-order valence-electron chi connectivity index (χ4n) is 3.21. The number of thiazole rings is 1. The van der Waals surface area contributed by atoms with Gasteiger partial charge in [-0.25, -0.2) is 10.4 Å².